The van der Waals surface area contributed by atoms with Gasteiger partial charge in [-0.2, -0.15) is 0 Å². The summed E-state index contributed by atoms with van der Waals surface area (Å²) in [7, 11) is 0. The Morgan fingerprint density at radius 1 is 1.13 bits per heavy atom. The van der Waals surface area contributed by atoms with Gasteiger partial charge in [0, 0.05) is 0 Å². The quantitative estimate of drug-likeness (QED) is 0.383. The molecule has 2 aromatic heterocycles. The van der Waals surface area contributed by atoms with Crippen molar-refractivity contribution in [1.82, 2.24) is 15.2 Å². The molecular weight excluding hydrogens is 430 g/mol. The summed E-state index contributed by atoms with van der Waals surface area (Å²) < 4.78 is 7.11. The molecule has 0 saturated carbocycles. The summed E-state index contributed by atoms with van der Waals surface area (Å²) in [5.74, 6) is 0.628. The number of para-hydroxylation sites is 1. The van der Waals surface area contributed by atoms with Crippen molar-refractivity contribution >= 4 is 49.1 Å². The second-order valence-electron chi connectivity index (χ2n) is 7.04. The first-order chi connectivity index (χ1) is 15.1. The third-order valence-electron chi connectivity index (χ3n) is 4.83. The van der Waals surface area contributed by atoms with Crippen LogP contribution >= 0.6 is 22.7 Å². The zero-order valence-electron chi connectivity index (χ0n) is 17.3. The molecule has 4 rings (SSSR count). The molecule has 0 atom stereocenters. The Morgan fingerprint density at radius 3 is 2.74 bits per heavy atom. The summed E-state index contributed by atoms with van der Waals surface area (Å²) in [6, 6.07) is 13.5. The molecule has 2 aromatic carbocycles. The molecule has 160 valence electrons. The Morgan fingerprint density at radius 2 is 1.94 bits per heavy atom. The van der Waals surface area contributed by atoms with Gasteiger partial charge in [0.15, 0.2) is 10.1 Å². The van der Waals surface area contributed by atoms with Crippen LogP contribution in [0.15, 0.2) is 42.5 Å². The van der Waals surface area contributed by atoms with E-state index < -0.39 is 0 Å². The van der Waals surface area contributed by atoms with Gasteiger partial charge < -0.3 is 15.8 Å². The molecule has 0 aliphatic heterocycles. The topological polar surface area (TPSA) is 103 Å². The van der Waals surface area contributed by atoms with Crippen molar-refractivity contribution in [2.45, 2.75) is 39.2 Å². The highest BCUT2D eigenvalue weighted by atomic mass is 32.1. The number of nitrogens with zero attached hydrogens (tertiary/aromatic N) is 3. The van der Waals surface area contributed by atoms with Gasteiger partial charge in [-0.15, -0.1) is 10.2 Å². The fourth-order valence-corrected chi connectivity index (χ4v) is 4.80. The van der Waals surface area contributed by atoms with E-state index in [4.69, 9.17) is 10.5 Å². The number of rotatable bonds is 8. The summed E-state index contributed by atoms with van der Waals surface area (Å²) in [5.41, 5.74) is 8.36. The van der Waals surface area contributed by atoms with Crippen LogP contribution in [-0.2, 0) is 11.2 Å². The van der Waals surface area contributed by atoms with E-state index >= 15 is 0 Å². The number of amides is 1. The van der Waals surface area contributed by atoms with Crippen molar-refractivity contribution in [3.8, 4) is 16.3 Å². The first kappa shape index (κ1) is 21.2. The summed E-state index contributed by atoms with van der Waals surface area (Å²) in [6.07, 6.45) is 2.25. The van der Waals surface area contributed by atoms with Crippen LogP contribution in [0.5, 0.6) is 5.75 Å². The number of benzene rings is 2. The summed E-state index contributed by atoms with van der Waals surface area (Å²) in [5, 5.41) is 12.9. The molecule has 31 heavy (non-hydrogen) atoms. The van der Waals surface area contributed by atoms with Gasteiger partial charge in [0.05, 0.1) is 28.3 Å². The van der Waals surface area contributed by atoms with E-state index in [1.807, 2.05) is 42.5 Å². The largest absolute Gasteiger partial charge is 0.490 e. The molecule has 0 bridgehead atoms. The third kappa shape index (κ3) is 5.00. The summed E-state index contributed by atoms with van der Waals surface area (Å²) in [4.78, 5) is 16.8. The van der Waals surface area contributed by atoms with E-state index in [-0.39, 0.29) is 18.4 Å². The minimum absolute atomic E-state index is 0.152. The van der Waals surface area contributed by atoms with Gasteiger partial charge in [0.25, 0.3) is 0 Å². The minimum Gasteiger partial charge on any atom is -0.490 e. The Bertz CT molecular complexity index is 1200. The molecule has 7 nitrogen and oxygen atoms in total. The number of nitrogen functional groups attached to an aromatic ring is 1. The number of hydrogen-bond donors (Lipinski definition) is 2. The van der Waals surface area contributed by atoms with Crippen molar-refractivity contribution in [2.75, 3.05) is 11.1 Å². The number of thiazole rings is 1. The van der Waals surface area contributed by atoms with Gasteiger partial charge in [-0.05, 0) is 42.7 Å². The average molecular weight is 454 g/mol. The SMILES string of the molecule is CCC(CC)Oc1ccccc1-c1nnc(NC(=O)Cc2ccc3nc(N)sc3c2)s1. The lowest BCUT2D eigenvalue weighted by atomic mass is 10.1. The van der Waals surface area contributed by atoms with Gasteiger partial charge in [-0.25, -0.2) is 4.98 Å². The Balaban J connectivity index is 1.46. The highest BCUT2D eigenvalue weighted by Crippen LogP contribution is 2.34. The molecule has 4 aromatic rings. The van der Waals surface area contributed by atoms with Gasteiger partial charge in [-0.1, -0.05) is 54.7 Å². The number of carbonyl (C=O) groups is 1. The number of aromatic nitrogens is 3. The Kier molecular flexibility index (Phi) is 6.43. The minimum atomic E-state index is -0.152. The van der Waals surface area contributed by atoms with Crippen LogP contribution in [0.2, 0.25) is 0 Å². The van der Waals surface area contributed by atoms with E-state index in [2.05, 4.69) is 34.3 Å². The van der Waals surface area contributed by atoms with Gasteiger partial charge in [0.2, 0.25) is 11.0 Å². The van der Waals surface area contributed by atoms with E-state index in [1.165, 1.54) is 22.7 Å². The molecule has 3 N–H and O–H groups in total. The maximum atomic E-state index is 12.5. The van der Waals surface area contributed by atoms with Crippen molar-refractivity contribution in [3.05, 3.63) is 48.0 Å². The van der Waals surface area contributed by atoms with Crippen LogP contribution < -0.4 is 15.8 Å². The van der Waals surface area contributed by atoms with Crippen LogP contribution in [-0.4, -0.2) is 27.2 Å². The highest BCUT2D eigenvalue weighted by molar-refractivity contribution is 7.22. The lowest BCUT2D eigenvalue weighted by molar-refractivity contribution is -0.115. The number of nitrogens with two attached hydrogens (primary N) is 1. The molecule has 9 heteroatoms. The third-order valence-corrected chi connectivity index (χ3v) is 6.55. The molecule has 0 spiro atoms. The molecule has 1 amide bonds. The maximum absolute atomic E-state index is 12.5. The molecule has 2 heterocycles. The number of hydrogen-bond acceptors (Lipinski definition) is 8. The van der Waals surface area contributed by atoms with E-state index in [9.17, 15) is 4.79 Å². The van der Waals surface area contributed by atoms with Crippen LogP contribution in [0, 0.1) is 0 Å². The van der Waals surface area contributed by atoms with Crippen LogP contribution in [0.4, 0.5) is 10.3 Å². The normalized spacial score (nSPS) is 11.2. The summed E-state index contributed by atoms with van der Waals surface area (Å²) in [6.45, 7) is 4.22. The van der Waals surface area contributed by atoms with Crippen LogP contribution in [0.1, 0.15) is 32.3 Å². The van der Waals surface area contributed by atoms with Crippen molar-refractivity contribution in [3.63, 3.8) is 0 Å². The van der Waals surface area contributed by atoms with Gasteiger partial charge in [0.1, 0.15) is 5.75 Å². The number of nitrogens with one attached hydrogen (secondary N) is 1. The lowest BCUT2D eigenvalue weighted by Gasteiger charge is -2.17. The first-order valence-electron chi connectivity index (χ1n) is 10.1. The smallest absolute Gasteiger partial charge is 0.230 e. The molecule has 0 aliphatic carbocycles. The van der Waals surface area contributed by atoms with E-state index in [1.54, 1.807) is 0 Å². The standard InChI is InChI=1S/C22H23N5O2S2/c1-3-14(4-2)29-17-8-6-5-7-15(17)20-26-27-22(31-20)25-19(28)12-13-9-10-16-18(11-13)30-21(23)24-16/h5-11,14H,3-4,12H2,1-2H3,(H2,23,24)(H,25,27,28). The Labute approximate surface area is 188 Å². The van der Waals surface area contributed by atoms with E-state index in [0.717, 1.165) is 39.9 Å². The number of carbonyl (C=O) groups excluding carboxylic acids is 1. The zero-order valence-corrected chi connectivity index (χ0v) is 18.9. The first-order valence-corrected chi connectivity index (χ1v) is 11.7. The fourth-order valence-electron chi connectivity index (χ4n) is 3.21. The van der Waals surface area contributed by atoms with Crippen molar-refractivity contribution < 1.29 is 9.53 Å². The highest BCUT2D eigenvalue weighted by Gasteiger charge is 2.16. The van der Waals surface area contributed by atoms with Gasteiger partial charge in [-0.3, -0.25) is 4.79 Å². The predicted molar refractivity (Wildman–Crippen MR) is 127 cm³/mol. The molecule has 0 radical (unpaired) electrons. The number of ether oxygens (including phenoxy) is 1. The molecule has 0 aliphatic rings. The van der Waals surface area contributed by atoms with Crippen LogP contribution in [0.25, 0.3) is 20.8 Å². The molecule has 0 unspecified atom stereocenters. The maximum Gasteiger partial charge on any atom is 0.230 e. The van der Waals surface area contributed by atoms with Gasteiger partial charge >= 0.3 is 0 Å². The molecular formula is C22H23N5O2S2. The molecule has 0 saturated heterocycles. The zero-order chi connectivity index (χ0) is 21.8. The lowest BCUT2D eigenvalue weighted by Crippen LogP contribution is -2.14. The van der Waals surface area contributed by atoms with Crippen molar-refractivity contribution in [1.29, 1.82) is 0 Å². The molecule has 0 fully saturated rings. The monoisotopic (exact) mass is 453 g/mol. The summed E-state index contributed by atoms with van der Waals surface area (Å²) >= 11 is 2.74. The van der Waals surface area contributed by atoms with Crippen LogP contribution in [0.3, 0.4) is 0 Å². The van der Waals surface area contributed by atoms with Crippen molar-refractivity contribution in [2.24, 2.45) is 0 Å². The average Bonchev–Trinajstić information content (AvgIpc) is 3.37. The fraction of sp³-hybridized carbons (Fsp3) is 0.273. The number of anilines is 2. The predicted octanol–water partition coefficient (Wildman–Crippen LogP) is 5.15. The Hall–Kier alpha value is -3.04. The second kappa shape index (κ2) is 9.40. The number of fused-ring (bicyclic) bond motifs is 1. The van der Waals surface area contributed by atoms with E-state index in [0.29, 0.717) is 15.3 Å². The second-order valence-corrected chi connectivity index (χ2v) is 9.08.